The van der Waals surface area contributed by atoms with Crippen molar-refractivity contribution in [1.29, 1.82) is 0 Å². The van der Waals surface area contributed by atoms with Crippen molar-refractivity contribution >= 4 is 0 Å². The Morgan fingerprint density at radius 2 is 2.25 bits per heavy atom. The van der Waals surface area contributed by atoms with E-state index in [1.165, 1.54) is 39.0 Å². The zero-order chi connectivity index (χ0) is 8.39. The average Bonchev–Trinajstić information content (AvgIpc) is 2.58. The van der Waals surface area contributed by atoms with Crippen LogP contribution in [0, 0.1) is 17.8 Å². The van der Waals surface area contributed by atoms with Gasteiger partial charge >= 0.3 is 0 Å². The lowest BCUT2D eigenvalue weighted by Crippen LogP contribution is -2.26. The molecule has 2 heteroatoms. The molecule has 0 radical (unpaired) electrons. The molecule has 0 amide bonds. The SMILES string of the molecule is CC1CC1CNCC1CCNC1. The van der Waals surface area contributed by atoms with Crippen LogP contribution in [0.5, 0.6) is 0 Å². The first kappa shape index (κ1) is 8.52. The highest BCUT2D eigenvalue weighted by Crippen LogP contribution is 2.36. The van der Waals surface area contributed by atoms with Crippen LogP contribution in [0.3, 0.4) is 0 Å². The van der Waals surface area contributed by atoms with Crippen molar-refractivity contribution in [2.24, 2.45) is 17.8 Å². The van der Waals surface area contributed by atoms with Crippen LogP contribution in [0.1, 0.15) is 19.8 Å². The number of hydrogen-bond donors (Lipinski definition) is 2. The van der Waals surface area contributed by atoms with E-state index in [1.807, 2.05) is 0 Å². The summed E-state index contributed by atoms with van der Waals surface area (Å²) in [6.07, 6.45) is 2.82. The highest BCUT2D eigenvalue weighted by molar-refractivity contribution is 4.84. The second kappa shape index (κ2) is 3.75. The average molecular weight is 168 g/mol. The maximum absolute atomic E-state index is 3.58. The fourth-order valence-electron chi connectivity index (χ4n) is 2.05. The molecule has 1 saturated heterocycles. The van der Waals surface area contributed by atoms with Gasteiger partial charge in [0, 0.05) is 0 Å². The molecule has 1 heterocycles. The number of hydrogen-bond acceptors (Lipinski definition) is 2. The highest BCUT2D eigenvalue weighted by atomic mass is 14.9. The van der Waals surface area contributed by atoms with E-state index in [0.717, 1.165) is 17.8 Å². The first-order valence-electron chi connectivity index (χ1n) is 5.27. The van der Waals surface area contributed by atoms with Gasteiger partial charge in [-0.1, -0.05) is 6.92 Å². The largest absolute Gasteiger partial charge is 0.316 e. The first-order valence-corrected chi connectivity index (χ1v) is 5.27. The zero-order valence-corrected chi connectivity index (χ0v) is 7.97. The molecule has 2 fully saturated rings. The molecule has 2 rings (SSSR count). The molecule has 12 heavy (non-hydrogen) atoms. The summed E-state index contributed by atoms with van der Waals surface area (Å²) in [5.74, 6) is 2.90. The van der Waals surface area contributed by atoms with Gasteiger partial charge in [0.15, 0.2) is 0 Å². The fourth-order valence-corrected chi connectivity index (χ4v) is 2.05. The molecule has 3 atom stereocenters. The van der Waals surface area contributed by atoms with Crippen LogP contribution in [-0.2, 0) is 0 Å². The summed E-state index contributed by atoms with van der Waals surface area (Å²) in [4.78, 5) is 0. The summed E-state index contributed by atoms with van der Waals surface area (Å²) < 4.78 is 0. The van der Waals surface area contributed by atoms with Gasteiger partial charge in [0.25, 0.3) is 0 Å². The van der Waals surface area contributed by atoms with Crippen molar-refractivity contribution in [3.05, 3.63) is 0 Å². The summed E-state index contributed by atoms with van der Waals surface area (Å²) in [6, 6.07) is 0. The van der Waals surface area contributed by atoms with Gasteiger partial charge in [-0.25, -0.2) is 0 Å². The maximum Gasteiger partial charge on any atom is -0.000779 e. The van der Waals surface area contributed by atoms with E-state index >= 15 is 0 Å². The molecular formula is C10H20N2. The number of rotatable bonds is 4. The third-order valence-corrected chi connectivity index (χ3v) is 3.28. The Kier molecular flexibility index (Phi) is 2.66. The molecule has 0 bridgehead atoms. The molecule has 2 N–H and O–H groups in total. The van der Waals surface area contributed by atoms with Crippen LogP contribution in [-0.4, -0.2) is 26.2 Å². The Morgan fingerprint density at radius 1 is 1.42 bits per heavy atom. The normalized spacial score (nSPS) is 40.2. The Balaban J connectivity index is 1.51. The van der Waals surface area contributed by atoms with Crippen molar-refractivity contribution in [1.82, 2.24) is 10.6 Å². The van der Waals surface area contributed by atoms with E-state index in [1.54, 1.807) is 0 Å². The van der Waals surface area contributed by atoms with E-state index in [0.29, 0.717) is 0 Å². The van der Waals surface area contributed by atoms with E-state index in [2.05, 4.69) is 17.6 Å². The van der Waals surface area contributed by atoms with E-state index < -0.39 is 0 Å². The van der Waals surface area contributed by atoms with Crippen LogP contribution in [0.25, 0.3) is 0 Å². The third-order valence-electron chi connectivity index (χ3n) is 3.28. The van der Waals surface area contributed by atoms with Gasteiger partial charge in [-0.15, -0.1) is 0 Å². The molecule has 70 valence electrons. The summed E-state index contributed by atoms with van der Waals surface area (Å²) in [5.41, 5.74) is 0. The van der Waals surface area contributed by atoms with Gasteiger partial charge in [-0.2, -0.15) is 0 Å². The van der Waals surface area contributed by atoms with Gasteiger partial charge in [0.1, 0.15) is 0 Å². The molecule has 0 spiro atoms. The molecule has 1 saturated carbocycles. The monoisotopic (exact) mass is 168 g/mol. The Bertz CT molecular complexity index is 141. The first-order chi connectivity index (χ1) is 5.86. The minimum Gasteiger partial charge on any atom is -0.316 e. The molecule has 0 aromatic heterocycles. The van der Waals surface area contributed by atoms with E-state index in [9.17, 15) is 0 Å². The van der Waals surface area contributed by atoms with Crippen molar-refractivity contribution in [2.45, 2.75) is 19.8 Å². The van der Waals surface area contributed by atoms with E-state index in [4.69, 9.17) is 0 Å². The second-order valence-corrected chi connectivity index (χ2v) is 4.49. The predicted molar refractivity (Wildman–Crippen MR) is 51.1 cm³/mol. The Morgan fingerprint density at radius 3 is 2.83 bits per heavy atom. The van der Waals surface area contributed by atoms with Gasteiger partial charge in [0.2, 0.25) is 0 Å². The predicted octanol–water partition coefficient (Wildman–Crippen LogP) is 0.842. The quantitative estimate of drug-likeness (QED) is 0.650. The van der Waals surface area contributed by atoms with Crippen LogP contribution < -0.4 is 10.6 Å². The molecule has 1 aliphatic carbocycles. The standard InChI is InChI=1S/C10H20N2/c1-8-4-10(8)7-12-6-9-2-3-11-5-9/h8-12H,2-7H2,1H3. The van der Waals surface area contributed by atoms with Gasteiger partial charge in [0.05, 0.1) is 0 Å². The molecule has 2 nitrogen and oxygen atoms in total. The minimum atomic E-state index is 0.902. The summed E-state index contributed by atoms with van der Waals surface area (Å²) in [6.45, 7) is 7.30. The third kappa shape index (κ3) is 2.20. The summed E-state index contributed by atoms with van der Waals surface area (Å²) in [7, 11) is 0. The van der Waals surface area contributed by atoms with Crippen LogP contribution in [0.2, 0.25) is 0 Å². The summed E-state index contributed by atoms with van der Waals surface area (Å²) in [5, 5.41) is 6.97. The van der Waals surface area contributed by atoms with Crippen molar-refractivity contribution < 1.29 is 0 Å². The fraction of sp³-hybridized carbons (Fsp3) is 1.00. The van der Waals surface area contributed by atoms with Gasteiger partial charge in [-0.3, -0.25) is 0 Å². The number of nitrogens with one attached hydrogen (secondary N) is 2. The smallest absolute Gasteiger partial charge is 0.000779 e. The molecule has 0 aromatic carbocycles. The molecular weight excluding hydrogens is 148 g/mol. The van der Waals surface area contributed by atoms with Crippen LogP contribution in [0.15, 0.2) is 0 Å². The Hall–Kier alpha value is -0.0800. The molecule has 1 aliphatic heterocycles. The second-order valence-electron chi connectivity index (χ2n) is 4.49. The van der Waals surface area contributed by atoms with Crippen molar-refractivity contribution in [3.63, 3.8) is 0 Å². The summed E-state index contributed by atoms with van der Waals surface area (Å²) >= 11 is 0. The molecule has 0 aromatic rings. The van der Waals surface area contributed by atoms with Gasteiger partial charge < -0.3 is 10.6 Å². The van der Waals surface area contributed by atoms with E-state index in [-0.39, 0.29) is 0 Å². The molecule has 3 unspecified atom stereocenters. The lowest BCUT2D eigenvalue weighted by atomic mass is 10.1. The Labute approximate surface area is 75.1 Å². The lowest BCUT2D eigenvalue weighted by Gasteiger charge is -2.08. The van der Waals surface area contributed by atoms with Crippen LogP contribution in [0.4, 0.5) is 0 Å². The molecule has 2 aliphatic rings. The topological polar surface area (TPSA) is 24.1 Å². The van der Waals surface area contributed by atoms with Crippen LogP contribution >= 0.6 is 0 Å². The maximum atomic E-state index is 3.58. The van der Waals surface area contributed by atoms with Crippen molar-refractivity contribution in [2.75, 3.05) is 26.2 Å². The van der Waals surface area contributed by atoms with Crippen molar-refractivity contribution in [3.8, 4) is 0 Å². The zero-order valence-electron chi connectivity index (χ0n) is 7.97. The minimum absolute atomic E-state index is 0.902. The van der Waals surface area contributed by atoms with Gasteiger partial charge in [-0.05, 0) is 56.8 Å². The lowest BCUT2D eigenvalue weighted by molar-refractivity contribution is 0.496. The highest BCUT2D eigenvalue weighted by Gasteiger charge is 2.31.